The van der Waals surface area contributed by atoms with Crippen LogP contribution in [0.1, 0.15) is 11.1 Å². The lowest BCUT2D eigenvalue weighted by molar-refractivity contribution is 0.304. The molecule has 2 aromatic rings. The minimum absolute atomic E-state index is 0.494. The first-order valence-corrected chi connectivity index (χ1v) is 8.72. The van der Waals surface area contributed by atoms with E-state index in [0.29, 0.717) is 6.61 Å². The smallest absolute Gasteiger partial charge is 0.134 e. The third-order valence-electron chi connectivity index (χ3n) is 3.05. The predicted molar refractivity (Wildman–Crippen MR) is 93.8 cm³/mol. The Labute approximate surface area is 141 Å². The second-order valence-electron chi connectivity index (χ2n) is 4.60. The predicted octanol–water partition coefficient (Wildman–Crippen LogP) is 5.17. The molecule has 2 aromatic carbocycles. The molecule has 5 heteroatoms. The molecule has 0 spiro atoms. The van der Waals surface area contributed by atoms with Gasteiger partial charge in [-0.05, 0) is 51.8 Å². The Kier molecular flexibility index (Phi) is 4.88. The minimum atomic E-state index is 0.494. The van der Waals surface area contributed by atoms with Gasteiger partial charge in [0.25, 0.3) is 0 Å². The highest BCUT2D eigenvalue weighted by atomic mass is 79.9. The van der Waals surface area contributed by atoms with Gasteiger partial charge < -0.3 is 4.74 Å². The fraction of sp³-hybridized carbons (Fsp3) is 0.188. The molecule has 0 aliphatic carbocycles. The van der Waals surface area contributed by atoms with E-state index in [9.17, 15) is 0 Å². The lowest BCUT2D eigenvalue weighted by Crippen LogP contribution is -1.98. The average molecular weight is 383 g/mol. The summed E-state index contributed by atoms with van der Waals surface area (Å²) in [7, 11) is 0. The van der Waals surface area contributed by atoms with Gasteiger partial charge in [-0.3, -0.25) is 4.99 Å². The monoisotopic (exact) mass is 381 g/mol. The zero-order valence-electron chi connectivity index (χ0n) is 11.2. The fourth-order valence-electron chi connectivity index (χ4n) is 2.05. The Hall–Kier alpha value is -0.970. The summed E-state index contributed by atoms with van der Waals surface area (Å²) in [4.78, 5) is 4.48. The first kappa shape index (κ1) is 14.9. The van der Waals surface area contributed by atoms with Gasteiger partial charge in [-0.25, -0.2) is 0 Å². The van der Waals surface area contributed by atoms with Crippen LogP contribution in [0.25, 0.3) is 0 Å². The highest BCUT2D eigenvalue weighted by Crippen LogP contribution is 2.29. The van der Waals surface area contributed by atoms with E-state index in [2.05, 4.69) is 33.1 Å². The molecule has 3 rings (SSSR count). The van der Waals surface area contributed by atoms with Crippen LogP contribution in [0.3, 0.4) is 0 Å². The van der Waals surface area contributed by atoms with Gasteiger partial charge >= 0.3 is 0 Å². The molecule has 0 saturated heterocycles. The van der Waals surface area contributed by atoms with Crippen molar-refractivity contribution in [2.45, 2.75) is 6.61 Å². The lowest BCUT2D eigenvalue weighted by atomic mass is 10.2. The fourth-order valence-corrected chi connectivity index (χ4v) is 3.61. The van der Waals surface area contributed by atoms with Crippen molar-refractivity contribution < 1.29 is 4.74 Å². The first-order valence-electron chi connectivity index (χ1n) is 6.57. The number of ether oxygens (including phenoxy) is 1. The van der Waals surface area contributed by atoms with Gasteiger partial charge in [-0.2, -0.15) is 0 Å². The average Bonchev–Trinajstić information content (AvgIpc) is 3.00. The van der Waals surface area contributed by atoms with Crippen LogP contribution in [0.4, 0.5) is 0 Å². The highest BCUT2D eigenvalue weighted by Gasteiger charge is 2.12. The molecule has 21 heavy (non-hydrogen) atoms. The van der Waals surface area contributed by atoms with Gasteiger partial charge in [0.05, 0.1) is 9.52 Å². The van der Waals surface area contributed by atoms with Crippen molar-refractivity contribution in [3.63, 3.8) is 0 Å². The standard InChI is InChI=1S/C16H13BrClNOS/c17-14-9-12(16-19-6-7-21-16)4-5-15(14)20-10-11-2-1-3-13(18)8-11/h1-5,8-9H,6-7,10H2. The highest BCUT2D eigenvalue weighted by molar-refractivity contribution is 9.10. The van der Waals surface area contributed by atoms with Crippen LogP contribution in [-0.2, 0) is 6.61 Å². The summed E-state index contributed by atoms with van der Waals surface area (Å²) >= 11 is 11.3. The van der Waals surface area contributed by atoms with Gasteiger partial charge in [0.1, 0.15) is 12.4 Å². The number of aliphatic imine (C=N–C) groups is 1. The number of benzene rings is 2. The molecule has 0 radical (unpaired) electrons. The summed E-state index contributed by atoms with van der Waals surface area (Å²) in [5.74, 6) is 1.89. The summed E-state index contributed by atoms with van der Waals surface area (Å²) in [6.07, 6.45) is 0. The molecule has 0 fully saturated rings. The molecule has 0 aromatic heterocycles. The van der Waals surface area contributed by atoms with Crippen LogP contribution < -0.4 is 4.74 Å². The van der Waals surface area contributed by atoms with Gasteiger partial charge in [0.2, 0.25) is 0 Å². The SMILES string of the molecule is Clc1cccc(COc2ccc(C3=NCCS3)cc2Br)c1. The molecular weight excluding hydrogens is 370 g/mol. The molecule has 0 unspecified atom stereocenters. The van der Waals surface area contributed by atoms with Crippen LogP contribution in [0, 0.1) is 0 Å². The normalized spacial score (nSPS) is 14.1. The number of halogens is 2. The third-order valence-corrected chi connectivity index (χ3v) is 4.93. The molecule has 1 aliphatic heterocycles. The first-order chi connectivity index (χ1) is 10.2. The summed E-state index contributed by atoms with van der Waals surface area (Å²) in [5.41, 5.74) is 2.19. The number of nitrogens with zero attached hydrogens (tertiary/aromatic N) is 1. The quantitative estimate of drug-likeness (QED) is 0.727. The number of thioether (sulfide) groups is 1. The molecule has 0 bridgehead atoms. The number of rotatable bonds is 4. The van der Waals surface area contributed by atoms with Gasteiger partial charge in [0, 0.05) is 22.9 Å². The Morgan fingerprint density at radius 1 is 1.24 bits per heavy atom. The maximum Gasteiger partial charge on any atom is 0.134 e. The third kappa shape index (κ3) is 3.82. The zero-order valence-corrected chi connectivity index (χ0v) is 14.3. The van der Waals surface area contributed by atoms with Crippen LogP contribution in [-0.4, -0.2) is 17.3 Å². The summed E-state index contributed by atoms with van der Waals surface area (Å²) in [6.45, 7) is 1.40. The van der Waals surface area contributed by atoms with E-state index in [-0.39, 0.29) is 0 Å². The van der Waals surface area contributed by atoms with Crippen LogP contribution in [0.15, 0.2) is 51.9 Å². The van der Waals surface area contributed by atoms with Gasteiger partial charge in [-0.1, -0.05) is 23.7 Å². The number of hydrogen-bond donors (Lipinski definition) is 0. The van der Waals surface area contributed by atoms with Crippen molar-refractivity contribution in [2.75, 3.05) is 12.3 Å². The molecular formula is C16H13BrClNOS. The van der Waals surface area contributed by atoms with E-state index < -0.39 is 0 Å². The van der Waals surface area contributed by atoms with E-state index in [1.54, 1.807) is 11.8 Å². The molecule has 0 atom stereocenters. The summed E-state index contributed by atoms with van der Waals surface area (Å²) in [6, 6.07) is 13.8. The topological polar surface area (TPSA) is 21.6 Å². The Morgan fingerprint density at radius 2 is 2.14 bits per heavy atom. The van der Waals surface area contributed by atoms with Crippen molar-refractivity contribution in [1.29, 1.82) is 0 Å². The van der Waals surface area contributed by atoms with Crippen molar-refractivity contribution in [3.8, 4) is 5.75 Å². The van der Waals surface area contributed by atoms with Gasteiger partial charge in [0.15, 0.2) is 0 Å². The molecule has 0 saturated carbocycles. The van der Waals surface area contributed by atoms with Crippen molar-refractivity contribution in [2.24, 2.45) is 4.99 Å². The van der Waals surface area contributed by atoms with E-state index >= 15 is 0 Å². The van der Waals surface area contributed by atoms with Gasteiger partial charge in [-0.15, -0.1) is 11.8 Å². The minimum Gasteiger partial charge on any atom is -0.488 e. The largest absolute Gasteiger partial charge is 0.488 e. The Morgan fingerprint density at radius 3 is 2.86 bits per heavy atom. The van der Waals surface area contributed by atoms with Crippen LogP contribution in [0.2, 0.25) is 5.02 Å². The van der Waals surface area contributed by atoms with E-state index in [1.807, 2.05) is 30.3 Å². The summed E-state index contributed by atoms with van der Waals surface area (Å²) < 4.78 is 6.79. The number of hydrogen-bond acceptors (Lipinski definition) is 3. The summed E-state index contributed by atoms with van der Waals surface area (Å²) in [5, 5.41) is 1.83. The second kappa shape index (κ2) is 6.86. The van der Waals surface area contributed by atoms with Crippen molar-refractivity contribution in [1.82, 2.24) is 0 Å². The van der Waals surface area contributed by atoms with Crippen molar-refractivity contribution >= 4 is 44.3 Å². The van der Waals surface area contributed by atoms with Crippen LogP contribution in [0.5, 0.6) is 5.75 Å². The molecule has 0 amide bonds. The Bertz CT molecular complexity index is 690. The molecule has 2 nitrogen and oxygen atoms in total. The molecule has 1 aliphatic rings. The lowest BCUT2D eigenvalue weighted by Gasteiger charge is -2.10. The zero-order chi connectivity index (χ0) is 14.7. The Balaban J connectivity index is 1.71. The van der Waals surface area contributed by atoms with E-state index in [4.69, 9.17) is 16.3 Å². The molecule has 1 heterocycles. The maximum absolute atomic E-state index is 5.97. The second-order valence-corrected chi connectivity index (χ2v) is 6.97. The van der Waals surface area contributed by atoms with Crippen LogP contribution >= 0.6 is 39.3 Å². The van der Waals surface area contributed by atoms with E-state index in [0.717, 1.165) is 43.7 Å². The molecule has 108 valence electrons. The maximum atomic E-state index is 5.97. The van der Waals surface area contributed by atoms with Crippen molar-refractivity contribution in [3.05, 3.63) is 63.1 Å². The van der Waals surface area contributed by atoms with E-state index in [1.165, 1.54) is 0 Å². The molecule has 0 N–H and O–H groups in total.